The monoisotopic (exact) mass is 228 g/mol. The van der Waals surface area contributed by atoms with Gasteiger partial charge < -0.3 is 5.32 Å². The molecule has 17 heavy (non-hydrogen) atoms. The van der Waals surface area contributed by atoms with Gasteiger partial charge in [0.15, 0.2) is 0 Å². The van der Waals surface area contributed by atoms with Crippen LogP contribution in [0.15, 0.2) is 24.3 Å². The molecule has 1 aromatic carbocycles. The molecule has 1 heterocycles. The molecule has 0 radical (unpaired) electrons. The zero-order valence-corrected chi connectivity index (χ0v) is 9.49. The van der Waals surface area contributed by atoms with Crippen molar-refractivity contribution in [3.8, 4) is 11.8 Å². The van der Waals surface area contributed by atoms with Crippen molar-refractivity contribution in [1.82, 2.24) is 10.2 Å². The van der Waals surface area contributed by atoms with E-state index in [4.69, 9.17) is 0 Å². The Morgan fingerprint density at radius 1 is 1.12 bits per heavy atom. The molecule has 86 valence electrons. The Hall–Kier alpha value is -2.12. The minimum absolute atomic E-state index is 0.147. The number of nitrogens with zero attached hydrogens (tertiary/aromatic N) is 1. The average Bonchev–Trinajstić information content (AvgIpc) is 2.60. The molecule has 2 amide bonds. The summed E-state index contributed by atoms with van der Waals surface area (Å²) < 4.78 is 0. The second-order valence-corrected chi connectivity index (χ2v) is 3.63. The molecule has 1 N–H and O–H groups in total. The van der Waals surface area contributed by atoms with E-state index in [1.165, 1.54) is 4.90 Å². The van der Waals surface area contributed by atoms with Crippen LogP contribution in [0.5, 0.6) is 0 Å². The van der Waals surface area contributed by atoms with Gasteiger partial charge in [0.25, 0.3) is 11.8 Å². The van der Waals surface area contributed by atoms with Crippen LogP contribution in [0.4, 0.5) is 0 Å². The Morgan fingerprint density at radius 3 is 2.24 bits per heavy atom. The molecule has 2 rings (SSSR count). The van der Waals surface area contributed by atoms with Crippen LogP contribution >= 0.6 is 0 Å². The van der Waals surface area contributed by atoms with Crippen molar-refractivity contribution in [2.45, 2.75) is 0 Å². The fourth-order valence-electron chi connectivity index (χ4n) is 1.67. The maximum Gasteiger partial charge on any atom is 0.262 e. The fourth-order valence-corrected chi connectivity index (χ4v) is 1.67. The number of nitrogens with one attached hydrogen (secondary N) is 1. The van der Waals surface area contributed by atoms with Crippen LogP contribution in [0.1, 0.15) is 20.7 Å². The van der Waals surface area contributed by atoms with Crippen molar-refractivity contribution >= 4 is 11.8 Å². The van der Waals surface area contributed by atoms with Gasteiger partial charge in [-0.15, -0.1) is 0 Å². The Morgan fingerprint density at radius 2 is 1.71 bits per heavy atom. The lowest BCUT2D eigenvalue weighted by molar-refractivity contribution is 0.0675. The van der Waals surface area contributed by atoms with Crippen molar-refractivity contribution in [2.75, 3.05) is 20.1 Å². The van der Waals surface area contributed by atoms with Gasteiger partial charge in [0.1, 0.15) is 0 Å². The van der Waals surface area contributed by atoms with Crippen LogP contribution in [0.25, 0.3) is 0 Å². The smallest absolute Gasteiger partial charge is 0.262 e. The van der Waals surface area contributed by atoms with E-state index < -0.39 is 0 Å². The van der Waals surface area contributed by atoms with E-state index in [9.17, 15) is 9.59 Å². The second kappa shape index (κ2) is 4.81. The van der Waals surface area contributed by atoms with Crippen molar-refractivity contribution in [2.24, 2.45) is 0 Å². The maximum absolute atomic E-state index is 11.9. The van der Waals surface area contributed by atoms with Crippen LogP contribution in [0, 0.1) is 11.8 Å². The van der Waals surface area contributed by atoms with Gasteiger partial charge in [-0.25, -0.2) is 0 Å². The Labute approximate surface area is 99.6 Å². The van der Waals surface area contributed by atoms with E-state index in [-0.39, 0.29) is 18.4 Å². The normalized spacial score (nSPS) is 13.4. The van der Waals surface area contributed by atoms with Crippen LogP contribution in [0.2, 0.25) is 0 Å². The summed E-state index contributed by atoms with van der Waals surface area (Å²) in [6.07, 6.45) is 0. The molecule has 0 unspecified atom stereocenters. The van der Waals surface area contributed by atoms with Crippen molar-refractivity contribution in [3.05, 3.63) is 35.4 Å². The summed E-state index contributed by atoms with van der Waals surface area (Å²) in [5.41, 5.74) is 0.931. The van der Waals surface area contributed by atoms with E-state index in [1.807, 2.05) is 0 Å². The van der Waals surface area contributed by atoms with Crippen LogP contribution in [-0.4, -0.2) is 36.9 Å². The summed E-state index contributed by atoms with van der Waals surface area (Å²) in [7, 11) is 1.79. The van der Waals surface area contributed by atoms with Gasteiger partial charge in [-0.05, 0) is 19.2 Å². The molecule has 0 spiro atoms. The molecular weight excluding hydrogens is 216 g/mol. The molecule has 4 nitrogen and oxygen atoms in total. The van der Waals surface area contributed by atoms with Crippen molar-refractivity contribution < 1.29 is 9.59 Å². The van der Waals surface area contributed by atoms with E-state index in [2.05, 4.69) is 17.2 Å². The van der Waals surface area contributed by atoms with Gasteiger partial charge in [0.05, 0.1) is 24.2 Å². The Balaban J connectivity index is 2.17. The predicted octanol–water partition coefficient (Wildman–Crippen LogP) is 0.505. The van der Waals surface area contributed by atoms with Gasteiger partial charge in [-0.3, -0.25) is 14.5 Å². The first-order chi connectivity index (χ1) is 8.25. The summed E-state index contributed by atoms with van der Waals surface area (Å²) >= 11 is 0. The highest BCUT2D eigenvalue weighted by molar-refractivity contribution is 6.21. The van der Waals surface area contributed by atoms with E-state index in [0.717, 1.165) is 0 Å². The lowest BCUT2D eigenvalue weighted by Crippen LogP contribution is -2.30. The number of hydrogen-bond acceptors (Lipinski definition) is 3. The third-order valence-corrected chi connectivity index (χ3v) is 2.51. The minimum Gasteiger partial charge on any atom is -0.309 e. The number of carbonyl (C=O) groups is 2. The molecule has 0 aliphatic carbocycles. The zero-order chi connectivity index (χ0) is 12.3. The highest BCUT2D eigenvalue weighted by Crippen LogP contribution is 2.21. The van der Waals surface area contributed by atoms with Gasteiger partial charge in [-0.2, -0.15) is 0 Å². The van der Waals surface area contributed by atoms with E-state index in [1.54, 1.807) is 31.3 Å². The van der Waals surface area contributed by atoms with Gasteiger partial charge in [0.2, 0.25) is 0 Å². The lowest BCUT2D eigenvalue weighted by Gasteiger charge is -2.08. The Bertz CT molecular complexity index is 491. The van der Waals surface area contributed by atoms with Crippen LogP contribution in [0.3, 0.4) is 0 Å². The number of hydrogen-bond donors (Lipinski definition) is 1. The summed E-state index contributed by atoms with van der Waals surface area (Å²) in [5, 5.41) is 2.87. The summed E-state index contributed by atoms with van der Waals surface area (Å²) in [4.78, 5) is 25.0. The number of carbonyl (C=O) groups excluding carboxylic acids is 2. The van der Waals surface area contributed by atoms with E-state index >= 15 is 0 Å². The molecule has 0 bridgehead atoms. The van der Waals surface area contributed by atoms with Crippen LogP contribution < -0.4 is 5.32 Å². The van der Waals surface area contributed by atoms with Crippen molar-refractivity contribution in [1.29, 1.82) is 0 Å². The molecule has 0 aromatic heterocycles. The molecule has 0 saturated heterocycles. The molecule has 1 aliphatic rings. The topological polar surface area (TPSA) is 49.4 Å². The number of imide groups is 1. The third-order valence-electron chi connectivity index (χ3n) is 2.51. The molecular formula is C13H12N2O2. The first-order valence-corrected chi connectivity index (χ1v) is 5.31. The number of amides is 2. The van der Waals surface area contributed by atoms with Crippen LogP contribution in [-0.2, 0) is 0 Å². The number of fused-ring (bicyclic) bond motifs is 1. The highest BCUT2D eigenvalue weighted by Gasteiger charge is 2.34. The average molecular weight is 228 g/mol. The standard InChI is InChI=1S/C13H12N2O2/c1-14-8-4-5-9-15-12(16)10-6-2-3-7-11(10)13(15)17/h2-3,6-7,14H,8-9H2,1H3. The summed E-state index contributed by atoms with van der Waals surface area (Å²) in [5.74, 6) is 5.10. The maximum atomic E-state index is 11.9. The second-order valence-electron chi connectivity index (χ2n) is 3.63. The molecule has 0 fully saturated rings. The fraction of sp³-hybridized carbons (Fsp3) is 0.231. The molecule has 0 atom stereocenters. The molecule has 0 saturated carbocycles. The molecule has 4 heteroatoms. The SMILES string of the molecule is CNCC#CCN1C(=O)c2ccccc2C1=O. The first-order valence-electron chi connectivity index (χ1n) is 5.31. The lowest BCUT2D eigenvalue weighted by atomic mass is 10.1. The summed E-state index contributed by atoms with van der Waals surface area (Å²) in [6.45, 7) is 0.692. The number of benzene rings is 1. The first kappa shape index (κ1) is 11.4. The predicted molar refractivity (Wildman–Crippen MR) is 63.5 cm³/mol. The zero-order valence-electron chi connectivity index (χ0n) is 9.49. The van der Waals surface area contributed by atoms with Gasteiger partial charge in [-0.1, -0.05) is 24.0 Å². The summed E-state index contributed by atoms with van der Waals surface area (Å²) in [6, 6.07) is 6.83. The van der Waals surface area contributed by atoms with E-state index in [0.29, 0.717) is 17.7 Å². The Kier molecular flexibility index (Phi) is 3.22. The van der Waals surface area contributed by atoms with Crippen molar-refractivity contribution in [3.63, 3.8) is 0 Å². The minimum atomic E-state index is -0.260. The third kappa shape index (κ3) is 2.05. The highest BCUT2D eigenvalue weighted by atomic mass is 16.2. The largest absolute Gasteiger partial charge is 0.309 e. The van der Waals surface area contributed by atoms with Gasteiger partial charge in [0, 0.05) is 0 Å². The quantitative estimate of drug-likeness (QED) is 0.592. The molecule has 1 aromatic rings. The van der Waals surface area contributed by atoms with Gasteiger partial charge >= 0.3 is 0 Å². The molecule has 1 aliphatic heterocycles. The number of rotatable bonds is 2.